The molecule has 0 radical (unpaired) electrons. The van der Waals surface area contributed by atoms with Crippen LogP contribution in [0.2, 0.25) is 5.02 Å². The first kappa shape index (κ1) is 14.3. The first-order valence-electron chi connectivity index (χ1n) is 5.19. The number of nitrogens with zero attached hydrogens (tertiary/aromatic N) is 2. The van der Waals surface area contributed by atoms with E-state index in [1.54, 1.807) is 0 Å². The van der Waals surface area contributed by atoms with E-state index in [4.69, 9.17) is 17.3 Å². The molecule has 0 unspecified atom stereocenters. The number of nitrogen functional groups attached to an aromatic ring is 1. The van der Waals surface area contributed by atoms with E-state index in [2.05, 4.69) is 15.3 Å². The van der Waals surface area contributed by atoms with Gasteiger partial charge in [-0.3, -0.25) is 0 Å². The summed E-state index contributed by atoms with van der Waals surface area (Å²) in [6, 6.07) is 2.62. The Kier molecular flexibility index (Phi) is 3.67. The molecule has 2 rings (SSSR count). The van der Waals surface area contributed by atoms with E-state index >= 15 is 0 Å². The zero-order valence-corrected chi connectivity index (χ0v) is 10.4. The summed E-state index contributed by atoms with van der Waals surface area (Å²) in [6.45, 7) is 0. The number of halogens is 5. The van der Waals surface area contributed by atoms with Crippen molar-refractivity contribution in [3.63, 3.8) is 0 Å². The molecule has 0 aliphatic heterocycles. The topological polar surface area (TPSA) is 63.8 Å². The van der Waals surface area contributed by atoms with Gasteiger partial charge in [0.05, 0.1) is 22.5 Å². The van der Waals surface area contributed by atoms with Crippen LogP contribution in [0.1, 0.15) is 5.56 Å². The summed E-state index contributed by atoms with van der Waals surface area (Å²) in [6.07, 6.45) is -3.74. The smallest absolute Gasteiger partial charge is 0.368 e. The molecule has 1 aromatic carbocycles. The Bertz CT molecular complexity index is 645. The van der Waals surface area contributed by atoms with Gasteiger partial charge in [0.1, 0.15) is 0 Å². The van der Waals surface area contributed by atoms with Crippen LogP contribution in [0.3, 0.4) is 0 Å². The number of aromatic nitrogens is 2. The van der Waals surface area contributed by atoms with Crippen molar-refractivity contribution in [2.24, 2.45) is 0 Å². The summed E-state index contributed by atoms with van der Waals surface area (Å²) in [5.74, 6) is -1.46. The predicted octanol–water partition coefficient (Wildman–Crippen LogP) is 3.61. The molecule has 0 spiro atoms. The Morgan fingerprint density at radius 1 is 1.25 bits per heavy atom. The third kappa shape index (κ3) is 3.08. The summed E-state index contributed by atoms with van der Waals surface area (Å²) < 4.78 is 51.2. The quantitative estimate of drug-likeness (QED) is 0.832. The molecule has 1 aromatic heterocycles. The highest BCUT2D eigenvalue weighted by atomic mass is 35.5. The average Bonchev–Trinajstić information content (AvgIpc) is 2.35. The van der Waals surface area contributed by atoms with E-state index in [0.717, 1.165) is 24.4 Å². The lowest BCUT2D eigenvalue weighted by Gasteiger charge is -2.12. The fourth-order valence-corrected chi connectivity index (χ4v) is 1.56. The number of hydrogen-bond donors (Lipinski definition) is 2. The highest BCUT2D eigenvalue weighted by molar-refractivity contribution is 6.33. The number of rotatable bonds is 2. The molecule has 1 heterocycles. The Labute approximate surface area is 115 Å². The molecule has 0 amide bonds. The fraction of sp³-hybridized carbons (Fsp3) is 0.0909. The fourth-order valence-electron chi connectivity index (χ4n) is 1.39. The van der Waals surface area contributed by atoms with Crippen molar-refractivity contribution in [3.8, 4) is 0 Å². The summed E-state index contributed by atoms with van der Waals surface area (Å²) in [5, 5.41) is 2.34. The lowest BCUT2D eigenvalue weighted by Crippen LogP contribution is -2.07. The molecule has 0 saturated heterocycles. The first-order valence-corrected chi connectivity index (χ1v) is 5.57. The van der Waals surface area contributed by atoms with Crippen LogP contribution in [0.15, 0.2) is 24.4 Å². The molecule has 3 N–H and O–H groups in total. The molecule has 4 nitrogen and oxygen atoms in total. The van der Waals surface area contributed by atoms with Crippen molar-refractivity contribution < 1.29 is 17.6 Å². The molecular weight excluding hydrogens is 300 g/mol. The van der Waals surface area contributed by atoms with Gasteiger partial charge >= 0.3 is 6.18 Å². The molecule has 0 atom stereocenters. The van der Waals surface area contributed by atoms with Crippen molar-refractivity contribution >= 4 is 29.1 Å². The SMILES string of the molecule is Nc1ncc(F)c(Nc2cc(C(F)(F)F)ccc2Cl)n1. The van der Waals surface area contributed by atoms with Gasteiger partial charge in [0.25, 0.3) is 0 Å². The maximum absolute atomic E-state index is 13.4. The second-order valence-corrected chi connectivity index (χ2v) is 4.15. The minimum Gasteiger partial charge on any atom is -0.368 e. The molecule has 0 saturated carbocycles. The van der Waals surface area contributed by atoms with Crippen molar-refractivity contribution in [2.45, 2.75) is 6.18 Å². The third-order valence-electron chi connectivity index (χ3n) is 2.31. The maximum atomic E-state index is 13.4. The third-order valence-corrected chi connectivity index (χ3v) is 2.64. The largest absolute Gasteiger partial charge is 0.416 e. The minimum absolute atomic E-state index is 0.0189. The van der Waals surface area contributed by atoms with Gasteiger partial charge in [-0.25, -0.2) is 9.37 Å². The van der Waals surface area contributed by atoms with Gasteiger partial charge < -0.3 is 11.1 Å². The molecule has 20 heavy (non-hydrogen) atoms. The standard InChI is InChI=1S/C11H7ClF4N4/c12-6-2-1-5(11(14,15)16)3-8(6)19-9-7(13)4-18-10(17)20-9/h1-4H,(H3,17,18,19,20). The lowest BCUT2D eigenvalue weighted by molar-refractivity contribution is -0.137. The van der Waals surface area contributed by atoms with Crippen molar-refractivity contribution in [3.05, 3.63) is 40.8 Å². The predicted molar refractivity (Wildman–Crippen MR) is 66.1 cm³/mol. The summed E-state index contributed by atoms with van der Waals surface area (Å²) in [7, 11) is 0. The van der Waals surface area contributed by atoms with Crippen LogP contribution in [-0.4, -0.2) is 9.97 Å². The molecule has 0 aliphatic carbocycles. The second kappa shape index (κ2) is 5.12. The van der Waals surface area contributed by atoms with Crippen LogP contribution in [0, 0.1) is 5.82 Å². The number of benzene rings is 1. The van der Waals surface area contributed by atoms with Gasteiger partial charge in [-0.05, 0) is 18.2 Å². The van der Waals surface area contributed by atoms with Gasteiger partial charge in [-0.1, -0.05) is 11.6 Å². The number of alkyl halides is 3. The minimum atomic E-state index is -4.54. The zero-order valence-electron chi connectivity index (χ0n) is 9.67. The number of anilines is 3. The zero-order chi connectivity index (χ0) is 14.9. The van der Waals surface area contributed by atoms with Crippen LogP contribution in [0.25, 0.3) is 0 Å². The molecule has 0 fully saturated rings. The Morgan fingerprint density at radius 3 is 2.60 bits per heavy atom. The highest BCUT2D eigenvalue weighted by Crippen LogP contribution is 2.34. The molecule has 2 aromatic rings. The molecular formula is C11H7ClF4N4. The molecule has 9 heteroatoms. The Hall–Kier alpha value is -2.09. The lowest BCUT2D eigenvalue weighted by atomic mass is 10.2. The summed E-state index contributed by atoms with van der Waals surface area (Å²) in [5.41, 5.74) is 4.21. The normalized spacial score (nSPS) is 11.4. The van der Waals surface area contributed by atoms with E-state index in [1.165, 1.54) is 0 Å². The van der Waals surface area contributed by atoms with E-state index < -0.39 is 17.6 Å². The number of nitrogens with one attached hydrogen (secondary N) is 1. The van der Waals surface area contributed by atoms with E-state index in [0.29, 0.717) is 0 Å². The Balaban J connectivity index is 2.40. The summed E-state index contributed by atoms with van der Waals surface area (Å²) in [4.78, 5) is 6.94. The number of hydrogen-bond acceptors (Lipinski definition) is 4. The van der Waals surface area contributed by atoms with Crippen molar-refractivity contribution in [1.82, 2.24) is 9.97 Å². The summed E-state index contributed by atoms with van der Waals surface area (Å²) >= 11 is 5.76. The van der Waals surface area contributed by atoms with Gasteiger partial charge in [0.15, 0.2) is 11.6 Å². The van der Waals surface area contributed by atoms with Crippen LogP contribution < -0.4 is 11.1 Å². The monoisotopic (exact) mass is 306 g/mol. The van der Waals surface area contributed by atoms with Crippen LogP contribution in [0.5, 0.6) is 0 Å². The van der Waals surface area contributed by atoms with Crippen molar-refractivity contribution in [2.75, 3.05) is 11.1 Å². The molecule has 106 valence electrons. The van der Waals surface area contributed by atoms with Crippen molar-refractivity contribution in [1.29, 1.82) is 0 Å². The van der Waals surface area contributed by atoms with Gasteiger partial charge in [-0.15, -0.1) is 0 Å². The van der Waals surface area contributed by atoms with E-state index in [-0.39, 0.29) is 22.5 Å². The van der Waals surface area contributed by atoms with Gasteiger partial charge in [-0.2, -0.15) is 18.2 Å². The molecule has 0 bridgehead atoms. The first-order chi connectivity index (χ1) is 9.27. The van der Waals surface area contributed by atoms with Crippen LogP contribution in [-0.2, 0) is 6.18 Å². The van der Waals surface area contributed by atoms with Crippen LogP contribution >= 0.6 is 11.6 Å². The number of nitrogens with two attached hydrogens (primary N) is 1. The Morgan fingerprint density at radius 2 is 1.95 bits per heavy atom. The average molecular weight is 307 g/mol. The maximum Gasteiger partial charge on any atom is 0.416 e. The van der Waals surface area contributed by atoms with E-state index in [9.17, 15) is 17.6 Å². The van der Waals surface area contributed by atoms with Gasteiger partial charge in [0, 0.05) is 0 Å². The van der Waals surface area contributed by atoms with Gasteiger partial charge in [0.2, 0.25) is 5.95 Å². The second-order valence-electron chi connectivity index (χ2n) is 3.74. The highest BCUT2D eigenvalue weighted by Gasteiger charge is 2.31. The van der Waals surface area contributed by atoms with Crippen LogP contribution in [0.4, 0.5) is 35.0 Å². The van der Waals surface area contributed by atoms with E-state index in [1.807, 2.05) is 0 Å². The molecule has 0 aliphatic rings.